The molecular weight excluding hydrogens is 310 g/mol. The van der Waals surface area contributed by atoms with Gasteiger partial charge in [-0.05, 0) is 36.4 Å². The molecular formula is C15H14ClNO3S. The molecule has 6 heteroatoms. The average molecular weight is 324 g/mol. The predicted octanol–water partition coefficient (Wildman–Crippen LogP) is 3.09. The highest BCUT2D eigenvalue weighted by molar-refractivity contribution is 7.85. The van der Waals surface area contributed by atoms with Crippen LogP contribution in [0.15, 0.2) is 53.4 Å². The number of methoxy groups -OCH3 is 1. The summed E-state index contributed by atoms with van der Waals surface area (Å²) in [4.78, 5) is 12.5. The molecule has 2 aromatic rings. The Bertz CT molecular complexity index is 658. The van der Waals surface area contributed by atoms with Gasteiger partial charge in [0, 0.05) is 4.90 Å². The van der Waals surface area contributed by atoms with Crippen LogP contribution in [0.25, 0.3) is 0 Å². The summed E-state index contributed by atoms with van der Waals surface area (Å²) in [5.74, 6) is 0.200. The Balaban J connectivity index is 1.98. The SMILES string of the molecule is COc1ccc(S(=O)CC(=O)Nc2ccccc2Cl)cc1. The molecule has 1 amide bonds. The number of anilines is 1. The van der Waals surface area contributed by atoms with Gasteiger partial charge in [-0.25, -0.2) is 0 Å². The van der Waals surface area contributed by atoms with Crippen LogP contribution in [0.2, 0.25) is 5.02 Å². The van der Waals surface area contributed by atoms with Gasteiger partial charge in [-0.2, -0.15) is 0 Å². The van der Waals surface area contributed by atoms with Crippen LogP contribution < -0.4 is 10.1 Å². The van der Waals surface area contributed by atoms with Gasteiger partial charge in [-0.15, -0.1) is 0 Å². The minimum atomic E-state index is -1.41. The van der Waals surface area contributed by atoms with E-state index < -0.39 is 10.8 Å². The second-order valence-corrected chi connectivity index (χ2v) is 6.05. The summed E-state index contributed by atoms with van der Waals surface area (Å²) in [5.41, 5.74) is 0.510. The molecule has 0 aliphatic rings. The van der Waals surface area contributed by atoms with Gasteiger partial charge < -0.3 is 10.1 Å². The van der Waals surface area contributed by atoms with Crippen molar-refractivity contribution in [2.24, 2.45) is 0 Å². The van der Waals surface area contributed by atoms with Gasteiger partial charge in [0.2, 0.25) is 5.91 Å². The summed E-state index contributed by atoms with van der Waals surface area (Å²) in [7, 11) is 0.144. The van der Waals surface area contributed by atoms with Gasteiger partial charge in [0.25, 0.3) is 0 Å². The summed E-state index contributed by atoms with van der Waals surface area (Å²) in [6.45, 7) is 0. The molecule has 0 aliphatic carbocycles. The zero-order valence-electron chi connectivity index (χ0n) is 11.3. The Morgan fingerprint density at radius 3 is 2.48 bits per heavy atom. The number of halogens is 1. The first-order valence-electron chi connectivity index (χ1n) is 6.17. The molecule has 2 rings (SSSR count). The summed E-state index contributed by atoms with van der Waals surface area (Å²) >= 11 is 5.95. The van der Waals surface area contributed by atoms with E-state index in [2.05, 4.69) is 5.32 Å². The van der Waals surface area contributed by atoms with Crippen molar-refractivity contribution in [3.63, 3.8) is 0 Å². The van der Waals surface area contributed by atoms with Gasteiger partial charge in [-0.1, -0.05) is 23.7 Å². The maximum atomic E-state index is 12.1. The van der Waals surface area contributed by atoms with Crippen LogP contribution in [0.3, 0.4) is 0 Å². The van der Waals surface area contributed by atoms with E-state index in [1.807, 2.05) is 0 Å². The largest absolute Gasteiger partial charge is 0.497 e. The monoisotopic (exact) mass is 323 g/mol. The minimum absolute atomic E-state index is 0.127. The molecule has 0 saturated carbocycles. The number of ether oxygens (including phenoxy) is 1. The summed E-state index contributed by atoms with van der Waals surface area (Å²) < 4.78 is 17.1. The maximum Gasteiger partial charge on any atom is 0.237 e. The zero-order valence-corrected chi connectivity index (χ0v) is 12.9. The lowest BCUT2D eigenvalue weighted by atomic mass is 10.3. The molecule has 0 bridgehead atoms. The van der Waals surface area contributed by atoms with Gasteiger partial charge in [-0.3, -0.25) is 9.00 Å². The third kappa shape index (κ3) is 4.31. The topological polar surface area (TPSA) is 55.4 Å². The van der Waals surface area contributed by atoms with Gasteiger partial charge in [0.1, 0.15) is 11.5 Å². The Morgan fingerprint density at radius 1 is 1.19 bits per heavy atom. The molecule has 0 saturated heterocycles. The lowest BCUT2D eigenvalue weighted by molar-refractivity contribution is -0.113. The fourth-order valence-corrected chi connectivity index (χ4v) is 2.78. The van der Waals surface area contributed by atoms with Crippen molar-refractivity contribution in [2.45, 2.75) is 4.90 Å². The lowest BCUT2D eigenvalue weighted by Crippen LogP contribution is -2.19. The minimum Gasteiger partial charge on any atom is -0.497 e. The smallest absolute Gasteiger partial charge is 0.237 e. The number of rotatable bonds is 5. The molecule has 21 heavy (non-hydrogen) atoms. The van der Waals surface area contributed by atoms with Crippen LogP contribution in [0, 0.1) is 0 Å². The number of nitrogens with one attached hydrogen (secondary N) is 1. The van der Waals surface area contributed by atoms with Crippen molar-refractivity contribution in [1.29, 1.82) is 0 Å². The predicted molar refractivity (Wildman–Crippen MR) is 84.4 cm³/mol. The number of hydrogen-bond acceptors (Lipinski definition) is 3. The number of carbonyl (C=O) groups excluding carboxylic acids is 1. The van der Waals surface area contributed by atoms with Crippen molar-refractivity contribution in [1.82, 2.24) is 0 Å². The van der Waals surface area contributed by atoms with E-state index in [-0.39, 0.29) is 11.7 Å². The van der Waals surface area contributed by atoms with E-state index in [1.165, 1.54) is 0 Å². The second kappa shape index (κ2) is 7.24. The standard InChI is InChI=1S/C15H14ClNO3S/c1-20-11-6-8-12(9-7-11)21(19)10-15(18)17-14-5-3-2-4-13(14)16/h2-9H,10H2,1H3,(H,17,18). The first-order valence-corrected chi connectivity index (χ1v) is 7.86. The van der Waals surface area contributed by atoms with Crippen molar-refractivity contribution in [3.05, 3.63) is 53.6 Å². The summed E-state index contributed by atoms with van der Waals surface area (Å²) in [5, 5.41) is 3.09. The van der Waals surface area contributed by atoms with E-state index in [0.717, 1.165) is 0 Å². The Labute approximate surface area is 130 Å². The number of carbonyl (C=O) groups is 1. The number of amides is 1. The highest BCUT2D eigenvalue weighted by atomic mass is 35.5. The molecule has 1 atom stereocenters. The lowest BCUT2D eigenvalue weighted by Gasteiger charge is -2.07. The molecule has 1 N–H and O–H groups in total. The Morgan fingerprint density at radius 2 is 1.86 bits per heavy atom. The van der Waals surface area contributed by atoms with Crippen LogP contribution in [-0.4, -0.2) is 23.0 Å². The highest BCUT2D eigenvalue weighted by Crippen LogP contribution is 2.20. The summed E-state index contributed by atoms with van der Waals surface area (Å²) in [6.07, 6.45) is 0. The number of para-hydroxylation sites is 1. The van der Waals surface area contributed by atoms with Crippen LogP contribution in [0.5, 0.6) is 5.75 Å². The molecule has 4 nitrogen and oxygen atoms in total. The average Bonchev–Trinajstić information content (AvgIpc) is 2.49. The molecule has 1 unspecified atom stereocenters. The van der Waals surface area contributed by atoms with E-state index in [4.69, 9.17) is 16.3 Å². The third-order valence-electron chi connectivity index (χ3n) is 2.73. The normalized spacial score (nSPS) is 11.7. The fraction of sp³-hybridized carbons (Fsp3) is 0.133. The summed E-state index contributed by atoms with van der Waals surface area (Å²) in [6, 6.07) is 13.7. The molecule has 0 radical (unpaired) electrons. The Hall–Kier alpha value is -1.85. The van der Waals surface area contributed by atoms with Gasteiger partial charge >= 0.3 is 0 Å². The zero-order chi connectivity index (χ0) is 15.2. The van der Waals surface area contributed by atoms with Crippen LogP contribution in [0.4, 0.5) is 5.69 Å². The van der Waals surface area contributed by atoms with Crippen molar-refractivity contribution >= 4 is 34.0 Å². The quantitative estimate of drug-likeness (QED) is 0.920. The van der Waals surface area contributed by atoms with E-state index in [0.29, 0.717) is 21.4 Å². The Kier molecular flexibility index (Phi) is 5.36. The molecule has 0 aliphatic heterocycles. The third-order valence-corrected chi connectivity index (χ3v) is 4.38. The highest BCUT2D eigenvalue weighted by Gasteiger charge is 2.11. The number of hydrogen-bond donors (Lipinski definition) is 1. The van der Waals surface area contributed by atoms with Crippen LogP contribution in [0.1, 0.15) is 0 Å². The molecule has 2 aromatic carbocycles. The molecule has 0 aromatic heterocycles. The molecule has 0 spiro atoms. The van der Waals surface area contributed by atoms with Crippen molar-refractivity contribution in [2.75, 3.05) is 18.2 Å². The van der Waals surface area contributed by atoms with Gasteiger partial charge in [0.05, 0.1) is 28.6 Å². The maximum absolute atomic E-state index is 12.1. The fourth-order valence-electron chi connectivity index (χ4n) is 1.68. The first-order chi connectivity index (χ1) is 10.1. The molecule has 0 fully saturated rings. The van der Waals surface area contributed by atoms with Crippen LogP contribution >= 0.6 is 11.6 Å². The number of benzene rings is 2. The van der Waals surface area contributed by atoms with Crippen LogP contribution in [-0.2, 0) is 15.6 Å². The van der Waals surface area contributed by atoms with E-state index >= 15 is 0 Å². The van der Waals surface area contributed by atoms with E-state index in [1.54, 1.807) is 55.6 Å². The first kappa shape index (κ1) is 15.5. The molecule has 110 valence electrons. The van der Waals surface area contributed by atoms with Crippen molar-refractivity contribution in [3.8, 4) is 5.75 Å². The van der Waals surface area contributed by atoms with Gasteiger partial charge in [0.15, 0.2) is 0 Å². The van der Waals surface area contributed by atoms with Crippen molar-refractivity contribution < 1.29 is 13.7 Å². The second-order valence-electron chi connectivity index (χ2n) is 4.19. The van der Waals surface area contributed by atoms with E-state index in [9.17, 15) is 9.00 Å². The molecule has 0 heterocycles.